The molecule has 0 atom stereocenters. The molecule has 1 aromatic carbocycles. The number of carbonyl (C=O) groups excluding carboxylic acids is 2. The van der Waals surface area contributed by atoms with Crippen LogP contribution in [0.5, 0.6) is 0 Å². The van der Waals surface area contributed by atoms with E-state index in [1.807, 2.05) is 41.1 Å². The summed E-state index contributed by atoms with van der Waals surface area (Å²) in [5, 5.41) is 2.83. The number of imidazole rings is 1. The predicted molar refractivity (Wildman–Crippen MR) is 119 cm³/mol. The second kappa shape index (κ2) is 8.99. The molecule has 0 radical (unpaired) electrons. The van der Waals surface area contributed by atoms with E-state index < -0.39 is 6.03 Å². The maximum Gasteiger partial charge on any atom is 0.340 e. The summed E-state index contributed by atoms with van der Waals surface area (Å²) in [7, 11) is 0. The number of hydrogen-bond donors (Lipinski definition) is 2. The van der Waals surface area contributed by atoms with Crippen molar-refractivity contribution in [2.24, 2.45) is 10.7 Å². The monoisotopic (exact) mass is 452 g/mol. The second-order valence-corrected chi connectivity index (χ2v) is 8.17. The van der Waals surface area contributed by atoms with Crippen LogP contribution in [0.15, 0.2) is 78.3 Å². The molecular formula is C21H17ClN6O2S. The molecule has 156 valence electrons. The Kier molecular flexibility index (Phi) is 5.96. The van der Waals surface area contributed by atoms with E-state index >= 15 is 0 Å². The lowest BCUT2D eigenvalue weighted by atomic mass is 10.2. The largest absolute Gasteiger partial charge is 0.350 e. The molecule has 0 saturated carbocycles. The summed E-state index contributed by atoms with van der Waals surface area (Å²) in [4.78, 5) is 32.0. The molecule has 3 N–H and O–H groups in total. The van der Waals surface area contributed by atoms with Gasteiger partial charge in [0.2, 0.25) is 0 Å². The molecule has 3 amide bonds. The lowest BCUT2D eigenvalue weighted by Gasteiger charge is -2.08. The van der Waals surface area contributed by atoms with E-state index in [4.69, 9.17) is 17.3 Å². The molecule has 0 aliphatic heterocycles. The molecule has 0 saturated heterocycles. The summed E-state index contributed by atoms with van der Waals surface area (Å²) in [6.45, 7) is 0.303. The number of halogens is 1. The molecule has 31 heavy (non-hydrogen) atoms. The van der Waals surface area contributed by atoms with Gasteiger partial charge in [-0.3, -0.25) is 4.79 Å². The SMILES string of the molecule is NC(=O)/N=c1\ccccn1-c1ccc(-n2cnc(CNC(=O)c3ccc(Cl)s3)c2)cc1. The first-order chi connectivity index (χ1) is 15.0. The third kappa shape index (κ3) is 4.90. The second-order valence-electron chi connectivity index (χ2n) is 6.45. The van der Waals surface area contributed by atoms with Crippen LogP contribution in [0.3, 0.4) is 0 Å². The van der Waals surface area contributed by atoms with Crippen LogP contribution in [0, 0.1) is 0 Å². The zero-order valence-corrected chi connectivity index (χ0v) is 17.7. The molecule has 4 rings (SSSR count). The molecule has 0 aliphatic carbocycles. The molecule has 4 aromatic rings. The number of benzene rings is 1. The summed E-state index contributed by atoms with van der Waals surface area (Å²) in [6.07, 6.45) is 5.33. The predicted octanol–water partition coefficient (Wildman–Crippen LogP) is 3.29. The van der Waals surface area contributed by atoms with Crippen LogP contribution in [-0.4, -0.2) is 26.1 Å². The fourth-order valence-electron chi connectivity index (χ4n) is 2.93. The number of nitrogens with two attached hydrogens (primary N) is 1. The Morgan fingerprint density at radius 2 is 1.87 bits per heavy atom. The normalized spacial score (nSPS) is 11.5. The maximum absolute atomic E-state index is 12.1. The highest BCUT2D eigenvalue weighted by atomic mass is 35.5. The quantitative estimate of drug-likeness (QED) is 0.485. The van der Waals surface area contributed by atoms with Crippen molar-refractivity contribution < 1.29 is 9.59 Å². The first kappa shape index (κ1) is 20.6. The maximum atomic E-state index is 12.1. The average Bonchev–Trinajstić information content (AvgIpc) is 3.41. The third-order valence-electron chi connectivity index (χ3n) is 4.35. The number of carbonyl (C=O) groups is 2. The summed E-state index contributed by atoms with van der Waals surface area (Å²) in [6, 6.07) is 15.6. The lowest BCUT2D eigenvalue weighted by molar-refractivity contribution is 0.0954. The number of urea groups is 1. The summed E-state index contributed by atoms with van der Waals surface area (Å²) < 4.78 is 4.19. The van der Waals surface area contributed by atoms with Crippen LogP contribution in [-0.2, 0) is 6.54 Å². The number of pyridine rings is 1. The average molecular weight is 453 g/mol. The minimum atomic E-state index is -0.753. The zero-order valence-electron chi connectivity index (χ0n) is 16.1. The van der Waals surface area contributed by atoms with Crippen LogP contribution in [0.4, 0.5) is 4.79 Å². The smallest absolute Gasteiger partial charge is 0.340 e. The van der Waals surface area contributed by atoms with Crippen molar-refractivity contribution in [1.82, 2.24) is 19.4 Å². The Hall–Kier alpha value is -3.69. The fraction of sp³-hybridized carbons (Fsp3) is 0.0476. The van der Waals surface area contributed by atoms with Crippen molar-refractivity contribution in [3.63, 3.8) is 0 Å². The van der Waals surface area contributed by atoms with Gasteiger partial charge in [-0.25, -0.2) is 9.78 Å². The van der Waals surface area contributed by atoms with Crippen LogP contribution < -0.4 is 16.5 Å². The summed E-state index contributed by atoms with van der Waals surface area (Å²) in [5.41, 5.74) is 8.07. The molecule has 8 nitrogen and oxygen atoms in total. The van der Waals surface area contributed by atoms with E-state index in [0.717, 1.165) is 17.1 Å². The minimum Gasteiger partial charge on any atom is -0.350 e. The molecule has 0 aliphatic rings. The Morgan fingerprint density at radius 3 is 2.58 bits per heavy atom. The highest BCUT2D eigenvalue weighted by Crippen LogP contribution is 2.21. The van der Waals surface area contributed by atoms with Crippen LogP contribution in [0.2, 0.25) is 4.34 Å². The first-order valence-electron chi connectivity index (χ1n) is 9.19. The number of thiophene rings is 1. The van der Waals surface area contributed by atoms with Crippen LogP contribution in [0.1, 0.15) is 15.4 Å². The van der Waals surface area contributed by atoms with Gasteiger partial charge in [-0.05, 0) is 48.5 Å². The fourth-order valence-corrected chi connectivity index (χ4v) is 3.89. The van der Waals surface area contributed by atoms with Crippen LogP contribution >= 0.6 is 22.9 Å². The van der Waals surface area contributed by atoms with Gasteiger partial charge in [0, 0.05) is 23.8 Å². The lowest BCUT2D eigenvalue weighted by Crippen LogP contribution is -2.22. The van der Waals surface area contributed by atoms with Crippen molar-refractivity contribution in [1.29, 1.82) is 0 Å². The van der Waals surface area contributed by atoms with Gasteiger partial charge in [0.15, 0.2) is 0 Å². The van der Waals surface area contributed by atoms with Gasteiger partial charge in [0.25, 0.3) is 5.91 Å². The third-order valence-corrected chi connectivity index (χ3v) is 5.58. The van der Waals surface area contributed by atoms with E-state index in [1.54, 1.807) is 41.4 Å². The van der Waals surface area contributed by atoms with Gasteiger partial charge in [-0.2, -0.15) is 4.99 Å². The van der Waals surface area contributed by atoms with Gasteiger partial charge in [-0.1, -0.05) is 17.7 Å². The van der Waals surface area contributed by atoms with Crippen molar-refractivity contribution in [3.8, 4) is 11.4 Å². The molecule has 0 bridgehead atoms. The van der Waals surface area contributed by atoms with E-state index in [0.29, 0.717) is 21.2 Å². The van der Waals surface area contributed by atoms with Gasteiger partial charge < -0.3 is 20.2 Å². The van der Waals surface area contributed by atoms with Gasteiger partial charge in [-0.15, -0.1) is 11.3 Å². The number of rotatable bonds is 5. The standard InChI is InChI=1S/C21H17ClN6O2S/c22-18-9-8-17(31-18)20(29)24-11-14-12-27(13-25-14)15-4-6-16(7-5-15)28-10-2-1-3-19(28)26-21(23)30/h1-10,12-13H,11H2,(H2,23,30)(H,24,29)/b26-19+. The number of aromatic nitrogens is 3. The Labute approximate surface area is 186 Å². The van der Waals surface area contributed by atoms with Crippen molar-refractivity contribution in [2.75, 3.05) is 0 Å². The Bertz CT molecular complexity index is 1310. The van der Waals surface area contributed by atoms with E-state index in [1.165, 1.54) is 11.3 Å². The summed E-state index contributed by atoms with van der Waals surface area (Å²) >= 11 is 7.10. The number of hydrogen-bond acceptors (Lipinski definition) is 4. The molecule has 0 unspecified atom stereocenters. The highest BCUT2D eigenvalue weighted by molar-refractivity contribution is 7.17. The topological polar surface area (TPSA) is 107 Å². The van der Waals surface area contributed by atoms with Crippen molar-refractivity contribution in [2.45, 2.75) is 6.54 Å². The van der Waals surface area contributed by atoms with Crippen molar-refractivity contribution >= 4 is 34.9 Å². The van der Waals surface area contributed by atoms with E-state index in [9.17, 15) is 9.59 Å². The Balaban J connectivity index is 1.48. The number of nitrogens with one attached hydrogen (secondary N) is 1. The van der Waals surface area contributed by atoms with Crippen molar-refractivity contribution in [3.05, 3.63) is 93.7 Å². The molecular weight excluding hydrogens is 436 g/mol. The molecule has 10 heteroatoms. The molecule has 0 fully saturated rings. The molecule has 0 spiro atoms. The van der Waals surface area contributed by atoms with E-state index in [2.05, 4.69) is 15.3 Å². The minimum absolute atomic E-state index is 0.187. The number of primary amides is 1. The van der Waals surface area contributed by atoms with Gasteiger partial charge in [0.1, 0.15) is 5.49 Å². The van der Waals surface area contributed by atoms with Gasteiger partial charge >= 0.3 is 6.03 Å². The summed E-state index contributed by atoms with van der Waals surface area (Å²) in [5.74, 6) is -0.187. The Morgan fingerprint density at radius 1 is 1.10 bits per heavy atom. The first-order valence-corrected chi connectivity index (χ1v) is 10.4. The van der Waals surface area contributed by atoms with Gasteiger partial charge in [0.05, 0.1) is 27.8 Å². The highest BCUT2D eigenvalue weighted by Gasteiger charge is 2.09. The zero-order chi connectivity index (χ0) is 21.8. The molecule has 3 aromatic heterocycles. The van der Waals surface area contributed by atoms with E-state index in [-0.39, 0.29) is 5.91 Å². The molecule has 3 heterocycles. The number of amides is 3. The number of nitrogens with zero attached hydrogens (tertiary/aromatic N) is 4. The van der Waals surface area contributed by atoms with Crippen LogP contribution in [0.25, 0.3) is 11.4 Å².